The third-order valence-electron chi connectivity index (χ3n) is 3.99. The van der Waals surface area contributed by atoms with E-state index < -0.39 is 0 Å². The minimum Gasteiger partial charge on any atom is -0.317 e. The zero-order valence-electron chi connectivity index (χ0n) is 9.56. The van der Waals surface area contributed by atoms with Gasteiger partial charge in [-0.05, 0) is 73.9 Å². The predicted molar refractivity (Wildman–Crippen MR) is 68.3 cm³/mol. The van der Waals surface area contributed by atoms with Crippen molar-refractivity contribution in [3.05, 3.63) is 33.8 Å². The van der Waals surface area contributed by atoms with Crippen molar-refractivity contribution in [3.63, 3.8) is 0 Å². The number of fused-ring (bicyclic) bond motifs is 1. The molecule has 1 aliphatic carbocycles. The van der Waals surface area contributed by atoms with Gasteiger partial charge in [-0.2, -0.15) is 0 Å². The Morgan fingerprint density at radius 2 is 1.94 bits per heavy atom. The molecular weight excluding hydrogens is 218 g/mol. The second-order valence-electron chi connectivity index (χ2n) is 5.02. The van der Waals surface area contributed by atoms with E-state index in [0.717, 1.165) is 24.0 Å². The number of piperidine rings is 1. The van der Waals surface area contributed by atoms with Crippen LogP contribution in [0.15, 0.2) is 12.1 Å². The van der Waals surface area contributed by atoms with Gasteiger partial charge in [-0.3, -0.25) is 0 Å². The molecule has 0 unspecified atom stereocenters. The molecule has 0 radical (unpaired) electrons. The van der Waals surface area contributed by atoms with Gasteiger partial charge in [0.15, 0.2) is 0 Å². The molecule has 1 aliphatic heterocycles. The van der Waals surface area contributed by atoms with Gasteiger partial charge in [0.1, 0.15) is 0 Å². The fourth-order valence-electron chi connectivity index (χ4n) is 3.07. The van der Waals surface area contributed by atoms with E-state index in [2.05, 4.69) is 17.4 Å². The SMILES string of the molecule is Clc1cc(C2CCNCC2)cc2c1CCC2. The molecule has 2 aliphatic rings. The van der Waals surface area contributed by atoms with E-state index in [0.29, 0.717) is 0 Å². The lowest BCUT2D eigenvalue weighted by Gasteiger charge is -2.24. The molecule has 1 heterocycles. The van der Waals surface area contributed by atoms with Gasteiger partial charge in [-0.25, -0.2) is 0 Å². The summed E-state index contributed by atoms with van der Waals surface area (Å²) in [5, 5.41) is 4.44. The molecule has 1 aromatic carbocycles. The fourth-order valence-corrected chi connectivity index (χ4v) is 3.41. The van der Waals surface area contributed by atoms with Crippen molar-refractivity contribution >= 4 is 11.6 Å². The largest absolute Gasteiger partial charge is 0.317 e. The number of hydrogen-bond acceptors (Lipinski definition) is 1. The highest BCUT2D eigenvalue weighted by Gasteiger charge is 2.20. The van der Waals surface area contributed by atoms with E-state index in [1.165, 1.54) is 48.8 Å². The van der Waals surface area contributed by atoms with Gasteiger partial charge in [0.2, 0.25) is 0 Å². The summed E-state index contributed by atoms with van der Waals surface area (Å²) >= 11 is 6.38. The van der Waals surface area contributed by atoms with Crippen molar-refractivity contribution in [1.82, 2.24) is 5.32 Å². The second-order valence-corrected chi connectivity index (χ2v) is 5.43. The van der Waals surface area contributed by atoms with Crippen LogP contribution in [0.25, 0.3) is 0 Å². The van der Waals surface area contributed by atoms with Crippen molar-refractivity contribution in [2.24, 2.45) is 0 Å². The molecule has 86 valence electrons. The maximum Gasteiger partial charge on any atom is 0.0443 e. The molecule has 1 N–H and O–H groups in total. The summed E-state index contributed by atoms with van der Waals surface area (Å²) in [5.74, 6) is 0.727. The molecule has 16 heavy (non-hydrogen) atoms. The number of halogens is 1. The third kappa shape index (κ3) is 1.87. The van der Waals surface area contributed by atoms with Crippen LogP contribution in [0.4, 0.5) is 0 Å². The van der Waals surface area contributed by atoms with Crippen LogP contribution in [0.3, 0.4) is 0 Å². The standard InChI is InChI=1S/C14H18ClN/c15-14-9-12(10-4-6-16-7-5-10)8-11-2-1-3-13(11)14/h8-10,16H,1-7H2. The zero-order chi connectivity index (χ0) is 11.0. The van der Waals surface area contributed by atoms with E-state index in [-0.39, 0.29) is 0 Å². The van der Waals surface area contributed by atoms with Crippen molar-refractivity contribution in [2.75, 3.05) is 13.1 Å². The van der Waals surface area contributed by atoms with Gasteiger partial charge in [0.25, 0.3) is 0 Å². The van der Waals surface area contributed by atoms with Crippen LogP contribution in [0.1, 0.15) is 41.9 Å². The summed E-state index contributed by atoms with van der Waals surface area (Å²) in [5.41, 5.74) is 4.41. The number of benzene rings is 1. The van der Waals surface area contributed by atoms with Gasteiger partial charge in [0, 0.05) is 5.02 Å². The Bertz CT molecular complexity index is 394. The van der Waals surface area contributed by atoms with Crippen LogP contribution in [-0.2, 0) is 12.8 Å². The maximum absolute atomic E-state index is 6.38. The average Bonchev–Trinajstić information content (AvgIpc) is 2.79. The molecule has 0 saturated carbocycles. The molecule has 1 aromatic rings. The summed E-state index contributed by atoms with van der Waals surface area (Å²) < 4.78 is 0. The molecule has 0 spiro atoms. The third-order valence-corrected chi connectivity index (χ3v) is 4.33. The minimum atomic E-state index is 0.727. The minimum absolute atomic E-state index is 0.727. The average molecular weight is 236 g/mol. The molecule has 1 fully saturated rings. The van der Waals surface area contributed by atoms with Gasteiger partial charge in [-0.1, -0.05) is 17.7 Å². The van der Waals surface area contributed by atoms with E-state index in [1.54, 1.807) is 0 Å². The quantitative estimate of drug-likeness (QED) is 0.788. The first-order chi connectivity index (χ1) is 7.84. The molecule has 3 rings (SSSR count). The van der Waals surface area contributed by atoms with Crippen LogP contribution < -0.4 is 5.32 Å². The maximum atomic E-state index is 6.38. The summed E-state index contributed by atoms with van der Waals surface area (Å²) in [6.07, 6.45) is 6.21. The highest BCUT2D eigenvalue weighted by Crippen LogP contribution is 2.34. The van der Waals surface area contributed by atoms with Crippen molar-refractivity contribution in [1.29, 1.82) is 0 Å². The van der Waals surface area contributed by atoms with E-state index in [4.69, 9.17) is 11.6 Å². The summed E-state index contributed by atoms with van der Waals surface area (Å²) in [6, 6.07) is 4.64. The Labute approximate surface area is 102 Å². The highest BCUT2D eigenvalue weighted by molar-refractivity contribution is 6.31. The molecule has 0 aromatic heterocycles. The Morgan fingerprint density at radius 3 is 2.75 bits per heavy atom. The molecule has 2 heteroatoms. The fraction of sp³-hybridized carbons (Fsp3) is 0.571. The first kappa shape index (κ1) is 10.6. The lowest BCUT2D eigenvalue weighted by Crippen LogP contribution is -2.26. The first-order valence-electron chi connectivity index (χ1n) is 6.36. The summed E-state index contributed by atoms with van der Waals surface area (Å²) in [7, 11) is 0. The van der Waals surface area contributed by atoms with Crippen LogP contribution >= 0.6 is 11.6 Å². The number of nitrogens with one attached hydrogen (secondary N) is 1. The second kappa shape index (κ2) is 4.38. The van der Waals surface area contributed by atoms with Gasteiger partial charge >= 0.3 is 0 Å². The predicted octanol–water partition coefficient (Wildman–Crippen LogP) is 3.30. The Hall–Kier alpha value is -0.530. The molecule has 1 saturated heterocycles. The van der Waals surface area contributed by atoms with Crippen molar-refractivity contribution in [2.45, 2.75) is 38.0 Å². The molecule has 0 bridgehead atoms. The van der Waals surface area contributed by atoms with E-state index >= 15 is 0 Å². The number of hydrogen-bond donors (Lipinski definition) is 1. The lowest BCUT2D eigenvalue weighted by molar-refractivity contribution is 0.460. The summed E-state index contributed by atoms with van der Waals surface area (Å²) in [4.78, 5) is 0. The van der Waals surface area contributed by atoms with Crippen molar-refractivity contribution in [3.8, 4) is 0 Å². The number of rotatable bonds is 1. The Kier molecular flexibility index (Phi) is 2.91. The monoisotopic (exact) mass is 235 g/mol. The summed E-state index contributed by atoms with van der Waals surface area (Å²) in [6.45, 7) is 2.30. The Morgan fingerprint density at radius 1 is 1.12 bits per heavy atom. The normalized spacial score (nSPS) is 21.1. The van der Waals surface area contributed by atoms with Gasteiger partial charge in [0.05, 0.1) is 0 Å². The molecule has 1 nitrogen and oxygen atoms in total. The highest BCUT2D eigenvalue weighted by atomic mass is 35.5. The lowest BCUT2D eigenvalue weighted by atomic mass is 9.88. The van der Waals surface area contributed by atoms with Gasteiger partial charge < -0.3 is 5.32 Å². The van der Waals surface area contributed by atoms with Crippen LogP contribution in [0, 0.1) is 0 Å². The van der Waals surface area contributed by atoms with Crippen LogP contribution in [0.2, 0.25) is 5.02 Å². The number of aryl methyl sites for hydroxylation is 1. The topological polar surface area (TPSA) is 12.0 Å². The zero-order valence-corrected chi connectivity index (χ0v) is 10.3. The first-order valence-corrected chi connectivity index (χ1v) is 6.74. The van der Waals surface area contributed by atoms with E-state index in [9.17, 15) is 0 Å². The van der Waals surface area contributed by atoms with Crippen LogP contribution in [0.5, 0.6) is 0 Å². The van der Waals surface area contributed by atoms with E-state index in [1.807, 2.05) is 0 Å². The smallest absolute Gasteiger partial charge is 0.0443 e. The molecule has 0 amide bonds. The van der Waals surface area contributed by atoms with Crippen molar-refractivity contribution < 1.29 is 0 Å². The van der Waals surface area contributed by atoms with Crippen LogP contribution in [-0.4, -0.2) is 13.1 Å². The Balaban J connectivity index is 1.92. The van der Waals surface area contributed by atoms with Gasteiger partial charge in [-0.15, -0.1) is 0 Å². The molecular formula is C14H18ClN. The molecule has 0 atom stereocenters.